The van der Waals surface area contributed by atoms with Crippen LogP contribution in [0.5, 0.6) is 0 Å². The standard InChI is InChI=1S/C19H13F6N3O/c20-13-7-12(10-1-3-11(4-2-10)16(29)17(21)22)8-14(9-13)27-18-26-6-5-15(28-18)19(23,24)25/h1-9,16-17,29H,(H,26,27,28). The number of hydrogen-bond acceptors (Lipinski definition) is 4. The van der Waals surface area contributed by atoms with Gasteiger partial charge in [-0.2, -0.15) is 13.2 Å². The molecular weight excluding hydrogens is 400 g/mol. The first kappa shape index (κ1) is 20.6. The van der Waals surface area contributed by atoms with Crippen LogP contribution >= 0.6 is 0 Å². The maximum Gasteiger partial charge on any atom is 0.433 e. The lowest BCUT2D eigenvalue weighted by molar-refractivity contribution is -0.141. The average Bonchev–Trinajstić information content (AvgIpc) is 2.66. The van der Waals surface area contributed by atoms with Crippen LogP contribution in [0, 0.1) is 5.82 Å². The molecule has 152 valence electrons. The highest BCUT2D eigenvalue weighted by molar-refractivity contribution is 5.70. The number of aliphatic hydroxyl groups excluding tert-OH is 1. The topological polar surface area (TPSA) is 58.0 Å². The molecule has 1 atom stereocenters. The summed E-state index contributed by atoms with van der Waals surface area (Å²) in [4.78, 5) is 7.03. The summed E-state index contributed by atoms with van der Waals surface area (Å²) < 4.78 is 77.4. The molecule has 29 heavy (non-hydrogen) atoms. The Kier molecular flexibility index (Phi) is 5.73. The number of aromatic nitrogens is 2. The minimum Gasteiger partial charge on any atom is -0.382 e. The number of rotatable bonds is 5. The van der Waals surface area contributed by atoms with E-state index in [1.807, 2.05) is 0 Å². The highest BCUT2D eigenvalue weighted by Crippen LogP contribution is 2.30. The van der Waals surface area contributed by atoms with Crippen molar-refractivity contribution in [3.63, 3.8) is 0 Å². The summed E-state index contributed by atoms with van der Waals surface area (Å²) in [6, 6.07) is 9.74. The molecule has 0 saturated heterocycles. The van der Waals surface area contributed by atoms with Gasteiger partial charge in [-0.25, -0.2) is 23.1 Å². The van der Waals surface area contributed by atoms with Crippen LogP contribution in [0.1, 0.15) is 17.4 Å². The molecule has 0 spiro atoms. The lowest BCUT2D eigenvalue weighted by atomic mass is 10.0. The van der Waals surface area contributed by atoms with Crippen LogP contribution < -0.4 is 5.32 Å². The number of nitrogens with zero attached hydrogens (tertiary/aromatic N) is 2. The van der Waals surface area contributed by atoms with Gasteiger partial charge in [0, 0.05) is 11.9 Å². The van der Waals surface area contributed by atoms with E-state index in [1.54, 1.807) is 0 Å². The summed E-state index contributed by atoms with van der Waals surface area (Å²) >= 11 is 0. The fourth-order valence-electron chi connectivity index (χ4n) is 2.55. The summed E-state index contributed by atoms with van der Waals surface area (Å²) in [7, 11) is 0. The second-order valence-electron chi connectivity index (χ2n) is 6.02. The van der Waals surface area contributed by atoms with E-state index < -0.39 is 30.2 Å². The zero-order valence-electron chi connectivity index (χ0n) is 14.5. The Morgan fingerprint density at radius 1 is 0.931 bits per heavy atom. The lowest BCUT2D eigenvalue weighted by Gasteiger charge is -2.12. The molecule has 2 N–H and O–H groups in total. The Labute approximate surface area is 160 Å². The van der Waals surface area contributed by atoms with Crippen LogP contribution in [-0.2, 0) is 6.18 Å². The van der Waals surface area contributed by atoms with Gasteiger partial charge in [0.1, 0.15) is 17.6 Å². The van der Waals surface area contributed by atoms with Gasteiger partial charge < -0.3 is 10.4 Å². The predicted octanol–water partition coefficient (Wildman–Crippen LogP) is 5.34. The van der Waals surface area contributed by atoms with Crippen LogP contribution in [0.4, 0.5) is 38.0 Å². The number of hydrogen-bond donors (Lipinski definition) is 2. The summed E-state index contributed by atoms with van der Waals surface area (Å²) in [6.45, 7) is 0. The molecule has 4 nitrogen and oxygen atoms in total. The number of nitrogens with one attached hydrogen (secondary N) is 1. The van der Waals surface area contributed by atoms with E-state index in [0.29, 0.717) is 17.2 Å². The smallest absolute Gasteiger partial charge is 0.382 e. The summed E-state index contributed by atoms with van der Waals surface area (Å²) in [5, 5.41) is 11.9. The van der Waals surface area contributed by atoms with Crippen LogP contribution in [0.15, 0.2) is 54.7 Å². The van der Waals surface area contributed by atoms with Gasteiger partial charge in [0.15, 0.2) is 0 Å². The second-order valence-corrected chi connectivity index (χ2v) is 6.02. The van der Waals surface area contributed by atoms with E-state index in [0.717, 1.165) is 18.3 Å². The first-order valence-electron chi connectivity index (χ1n) is 8.18. The maximum absolute atomic E-state index is 14.0. The SMILES string of the molecule is OC(c1ccc(-c2cc(F)cc(Nc3nccc(C(F)(F)F)n3)c2)cc1)C(F)F. The summed E-state index contributed by atoms with van der Waals surface area (Å²) in [5.74, 6) is -1.06. The molecule has 3 aromatic rings. The minimum absolute atomic E-state index is 0.00383. The largest absolute Gasteiger partial charge is 0.433 e. The van der Waals surface area contributed by atoms with Crippen molar-refractivity contribution in [2.75, 3.05) is 5.32 Å². The van der Waals surface area contributed by atoms with Crippen LogP contribution in [0.2, 0.25) is 0 Å². The third-order valence-electron chi connectivity index (χ3n) is 3.92. The number of anilines is 2. The molecule has 0 amide bonds. The first-order chi connectivity index (χ1) is 13.6. The van der Waals surface area contributed by atoms with E-state index >= 15 is 0 Å². The Morgan fingerprint density at radius 3 is 2.24 bits per heavy atom. The van der Waals surface area contributed by atoms with Crippen molar-refractivity contribution in [1.82, 2.24) is 9.97 Å². The van der Waals surface area contributed by atoms with Gasteiger partial charge in [-0.1, -0.05) is 24.3 Å². The molecule has 1 unspecified atom stereocenters. The summed E-state index contributed by atoms with van der Waals surface area (Å²) in [5.41, 5.74) is -0.285. The Bertz CT molecular complexity index is 992. The van der Waals surface area contributed by atoms with Crippen LogP contribution in [0.25, 0.3) is 11.1 Å². The fraction of sp³-hybridized carbons (Fsp3) is 0.158. The number of halogens is 6. The molecule has 3 rings (SSSR count). The first-order valence-corrected chi connectivity index (χ1v) is 8.18. The van der Waals surface area contributed by atoms with E-state index in [1.165, 1.54) is 30.3 Å². The molecule has 0 radical (unpaired) electrons. The zero-order chi connectivity index (χ0) is 21.2. The molecule has 0 aliphatic carbocycles. The van der Waals surface area contributed by atoms with Crippen molar-refractivity contribution in [1.29, 1.82) is 0 Å². The zero-order valence-corrected chi connectivity index (χ0v) is 14.5. The molecule has 0 bridgehead atoms. The van der Waals surface area contributed by atoms with E-state index in [2.05, 4.69) is 15.3 Å². The van der Waals surface area contributed by atoms with Crippen molar-refractivity contribution in [2.24, 2.45) is 0 Å². The van der Waals surface area contributed by atoms with Crippen LogP contribution in [0.3, 0.4) is 0 Å². The molecule has 2 aromatic carbocycles. The molecule has 0 aliphatic heterocycles. The number of benzene rings is 2. The van der Waals surface area contributed by atoms with Gasteiger partial charge in [-0.15, -0.1) is 0 Å². The van der Waals surface area contributed by atoms with Crippen molar-refractivity contribution in [2.45, 2.75) is 18.7 Å². The quantitative estimate of drug-likeness (QED) is 0.554. The lowest BCUT2D eigenvalue weighted by Crippen LogP contribution is -2.10. The highest BCUT2D eigenvalue weighted by atomic mass is 19.4. The van der Waals surface area contributed by atoms with Gasteiger partial charge in [-0.3, -0.25) is 0 Å². The third kappa shape index (κ3) is 5.02. The molecule has 0 saturated carbocycles. The minimum atomic E-state index is -4.66. The number of aliphatic hydroxyl groups is 1. The highest BCUT2D eigenvalue weighted by Gasteiger charge is 2.32. The Hall–Kier alpha value is -3.14. The average molecular weight is 413 g/mol. The molecule has 10 heteroatoms. The van der Waals surface area contributed by atoms with Gasteiger partial charge in [-0.05, 0) is 41.0 Å². The van der Waals surface area contributed by atoms with Crippen molar-refractivity contribution >= 4 is 11.6 Å². The van der Waals surface area contributed by atoms with Crippen molar-refractivity contribution in [3.8, 4) is 11.1 Å². The second kappa shape index (κ2) is 8.08. The predicted molar refractivity (Wildman–Crippen MR) is 93.1 cm³/mol. The van der Waals surface area contributed by atoms with Crippen LogP contribution in [-0.4, -0.2) is 21.5 Å². The maximum atomic E-state index is 14.0. The normalized spacial score (nSPS) is 12.8. The molecule has 1 heterocycles. The van der Waals surface area contributed by atoms with Crippen molar-refractivity contribution < 1.29 is 31.4 Å². The summed E-state index contributed by atoms with van der Waals surface area (Å²) in [6.07, 6.45) is -8.62. The number of alkyl halides is 5. The molecule has 0 aliphatic rings. The molecule has 0 fully saturated rings. The van der Waals surface area contributed by atoms with Crippen molar-refractivity contribution in [3.05, 3.63) is 71.8 Å². The van der Waals surface area contributed by atoms with Gasteiger partial charge in [0.25, 0.3) is 6.43 Å². The van der Waals surface area contributed by atoms with Gasteiger partial charge in [0.05, 0.1) is 0 Å². The Balaban J connectivity index is 1.87. The van der Waals surface area contributed by atoms with E-state index in [9.17, 15) is 31.4 Å². The van der Waals surface area contributed by atoms with E-state index in [4.69, 9.17) is 0 Å². The van der Waals surface area contributed by atoms with Gasteiger partial charge >= 0.3 is 6.18 Å². The third-order valence-corrected chi connectivity index (χ3v) is 3.92. The monoisotopic (exact) mass is 413 g/mol. The molecular formula is C19H13F6N3O. The van der Waals surface area contributed by atoms with E-state index in [-0.39, 0.29) is 17.2 Å². The van der Waals surface area contributed by atoms with Gasteiger partial charge in [0.2, 0.25) is 5.95 Å². The fourth-order valence-corrected chi connectivity index (χ4v) is 2.55. The Morgan fingerprint density at radius 2 is 1.62 bits per heavy atom. The molecule has 1 aromatic heterocycles.